The van der Waals surface area contributed by atoms with E-state index in [4.69, 9.17) is 9.47 Å². The Hall–Kier alpha value is -3.74. The summed E-state index contributed by atoms with van der Waals surface area (Å²) in [7, 11) is 1.46. The highest BCUT2D eigenvalue weighted by atomic mass is 16.6. The van der Waals surface area contributed by atoms with Gasteiger partial charge in [-0.05, 0) is 24.3 Å². The monoisotopic (exact) mass is 364 g/mol. The SMILES string of the molecule is COc1ccc(/C(O)=C2\C(=O)C(=O)OC23C(=O)c2ccccc2C3=O)cc1. The molecular formula is C20H12O7. The predicted octanol–water partition coefficient (Wildman–Crippen LogP) is 1.91. The first kappa shape index (κ1) is 16.7. The van der Waals surface area contributed by atoms with Crippen molar-refractivity contribution < 1.29 is 33.8 Å². The van der Waals surface area contributed by atoms with Crippen LogP contribution in [0.3, 0.4) is 0 Å². The first-order valence-electron chi connectivity index (χ1n) is 7.96. The molecule has 0 amide bonds. The third-order valence-electron chi connectivity index (χ3n) is 4.67. The van der Waals surface area contributed by atoms with Gasteiger partial charge in [0.25, 0.3) is 11.4 Å². The summed E-state index contributed by atoms with van der Waals surface area (Å²) < 4.78 is 10.0. The van der Waals surface area contributed by atoms with E-state index in [0.29, 0.717) is 5.75 Å². The molecule has 2 aliphatic rings. The lowest BCUT2D eigenvalue weighted by molar-refractivity contribution is -0.149. The van der Waals surface area contributed by atoms with Gasteiger partial charge in [-0.2, -0.15) is 0 Å². The molecule has 0 atom stereocenters. The number of rotatable bonds is 2. The smallest absolute Gasteiger partial charge is 0.381 e. The molecule has 0 unspecified atom stereocenters. The minimum Gasteiger partial charge on any atom is -0.507 e. The van der Waals surface area contributed by atoms with E-state index in [1.165, 1.54) is 43.5 Å². The Bertz CT molecular complexity index is 1020. The third kappa shape index (κ3) is 2.08. The quantitative estimate of drug-likeness (QED) is 0.285. The minimum atomic E-state index is -2.48. The summed E-state index contributed by atoms with van der Waals surface area (Å²) in [6.07, 6.45) is 0. The number of carbonyl (C=O) groups is 4. The van der Waals surface area contributed by atoms with Crippen molar-refractivity contribution in [2.24, 2.45) is 0 Å². The zero-order valence-corrected chi connectivity index (χ0v) is 14.0. The number of ether oxygens (including phenoxy) is 2. The lowest BCUT2D eigenvalue weighted by atomic mass is 9.85. The average Bonchev–Trinajstić information content (AvgIpc) is 3.08. The lowest BCUT2D eigenvalue weighted by Gasteiger charge is -2.20. The second kappa shape index (κ2) is 5.63. The summed E-state index contributed by atoms with van der Waals surface area (Å²) in [5.41, 5.74) is -2.95. The number of benzene rings is 2. The maximum absolute atomic E-state index is 13.0. The van der Waals surface area contributed by atoms with E-state index in [2.05, 4.69) is 0 Å². The summed E-state index contributed by atoms with van der Waals surface area (Å²) >= 11 is 0. The van der Waals surface area contributed by atoms with E-state index in [9.17, 15) is 24.3 Å². The normalized spacial score (nSPS) is 19.3. The van der Waals surface area contributed by atoms with Crippen molar-refractivity contribution in [2.75, 3.05) is 7.11 Å². The van der Waals surface area contributed by atoms with Gasteiger partial charge in [0.1, 0.15) is 17.1 Å². The van der Waals surface area contributed by atoms with E-state index in [1.807, 2.05) is 0 Å². The summed E-state index contributed by atoms with van der Waals surface area (Å²) in [5.74, 6) is -4.45. The van der Waals surface area contributed by atoms with Crippen LogP contribution in [0.2, 0.25) is 0 Å². The Kier molecular flexibility index (Phi) is 3.49. The van der Waals surface area contributed by atoms with Crippen LogP contribution in [0.5, 0.6) is 5.75 Å². The molecule has 4 rings (SSSR count). The van der Waals surface area contributed by atoms with Gasteiger partial charge >= 0.3 is 5.97 Å². The molecule has 0 radical (unpaired) electrons. The molecule has 1 heterocycles. The topological polar surface area (TPSA) is 107 Å². The van der Waals surface area contributed by atoms with Gasteiger partial charge in [-0.3, -0.25) is 14.4 Å². The van der Waals surface area contributed by atoms with E-state index in [1.54, 1.807) is 12.1 Å². The second-order valence-corrected chi connectivity index (χ2v) is 6.06. The molecule has 2 aromatic carbocycles. The Morgan fingerprint density at radius 3 is 2.00 bits per heavy atom. The zero-order valence-electron chi connectivity index (χ0n) is 14.0. The molecule has 27 heavy (non-hydrogen) atoms. The molecule has 7 heteroatoms. The van der Waals surface area contributed by atoms with E-state index < -0.39 is 40.3 Å². The van der Waals surface area contributed by atoms with Crippen molar-refractivity contribution in [3.05, 3.63) is 70.8 Å². The number of Topliss-reactive ketones (excluding diaryl/α,β-unsaturated/α-hetero) is 3. The second-order valence-electron chi connectivity index (χ2n) is 6.06. The fraction of sp³-hybridized carbons (Fsp3) is 0.100. The van der Waals surface area contributed by atoms with Crippen molar-refractivity contribution in [1.82, 2.24) is 0 Å². The van der Waals surface area contributed by atoms with Gasteiger partial charge in [-0.25, -0.2) is 4.79 Å². The molecule has 1 N–H and O–H groups in total. The summed E-state index contributed by atoms with van der Waals surface area (Å²) in [6, 6.07) is 11.8. The van der Waals surface area contributed by atoms with Crippen LogP contribution in [0, 0.1) is 0 Å². The van der Waals surface area contributed by atoms with Gasteiger partial charge in [0.15, 0.2) is 0 Å². The van der Waals surface area contributed by atoms with Gasteiger partial charge < -0.3 is 14.6 Å². The van der Waals surface area contributed by atoms with E-state index in [-0.39, 0.29) is 16.7 Å². The number of methoxy groups -OCH3 is 1. The number of aliphatic hydroxyl groups excluding tert-OH is 1. The molecule has 134 valence electrons. The number of carbonyl (C=O) groups excluding carboxylic acids is 4. The maximum Gasteiger partial charge on any atom is 0.381 e. The van der Waals surface area contributed by atoms with Crippen LogP contribution in [-0.4, -0.2) is 41.1 Å². The van der Waals surface area contributed by atoms with Crippen LogP contribution in [-0.2, 0) is 14.3 Å². The highest BCUT2D eigenvalue weighted by Crippen LogP contribution is 2.44. The summed E-state index contributed by atoms with van der Waals surface area (Å²) in [6.45, 7) is 0. The molecular weight excluding hydrogens is 352 g/mol. The Balaban J connectivity index is 1.95. The van der Waals surface area contributed by atoms with Crippen LogP contribution < -0.4 is 4.74 Å². The largest absolute Gasteiger partial charge is 0.507 e. The first-order chi connectivity index (χ1) is 12.9. The fourth-order valence-electron chi connectivity index (χ4n) is 3.35. The van der Waals surface area contributed by atoms with Gasteiger partial charge in [0, 0.05) is 16.7 Å². The standard InChI is InChI=1S/C20H12O7/c1-26-11-8-6-10(7-9-11)15(21)14-16(22)19(25)27-20(14)17(23)12-4-2-3-5-13(12)18(20)24/h2-9,21H,1H3/b15-14-. The number of esters is 1. The predicted molar refractivity (Wildman–Crippen MR) is 91.5 cm³/mol. The number of hydrogen-bond donors (Lipinski definition) is 1. The van der Waals surface area contributed by atoms with Crippen LogP contribution in [0.15, 0.2) is 54.1 Å². The van der Waals surface area contributed by atoms with E-state index in [0.717, 1.165) is 0 Å². The molecule has 0 bridgehead atoms. The minimum absolute atomic E-state index is 0.0324. The van der Waals surface area contributed by atoms with Crippen molar-refractivity contribution in [3.8, 4) is 5.75 Å². The Morgan fingerprint density at radius 1 is 0.926 bits per heavy atom. The van der Waals surface area contributed by atoms with Crippen molar-refractivity contribution in [2.45, 2.75) is 5.60 Å². The highest BCUT2D eigenvalue weighted by molar-refractivity contribution is 6.52. The average molecular weight is 364 g/mol. The molecule has 2 aromatic rings. The Labute approximate surface area is 152 Å². The summed E-state index contributed by atoms with van der Waals surface area (Å²) in [5, 5.41) is 10.7. The first-order valence-corrected chi connectivity index (χ1v) is 7.96. The van der Waals surface area contributed by atoms with Crippen LogP contribution in [0.4, 0.5) is 0 Å². The third-order valence-corrected chi connectivity index (χ3v) is 4.67. The molecule has 1 spiro atoms. The van der Waals surface area contributed by atoms with Gasteiger partial charge in [-0.15, -0.1) is 0 Å². The van der Waals surface area contributed by atoms with Crippen molar-refractivity contribution in [3.63, 3.8) is 0 Å². The van der Waals surface area contributed by atoms with Crippen molar-refractivity contribution in [1.29, 1.82) is 0 Å². The zero-order chi connectivity index (χ0) is 19.3. The van der Waals surface area contributed by atoms with Crippen LogP contribution >= 0.6 is 0 Å². The summed E-state index contributed by atoms with van der Waals surface area (Å²) in [4.78, 5) is 50.3. The van der Waals surface area contributed by atoms with Gasteiger partial charge in [0.2, 0.25) is 11.6 Å². The number of hydrogen-bond acceptors (Lipinski definition) is 7. The molecule has 1 aliphatic carbocycles. The number of ketones is 3. The number of aliphatic hydroxyl groups is 1. The van der Waals surface area contributed by atoms with Crippen LogP contribution in [0.1, 0.15) is 26.3 Å². The molecule has 1 saturated heterocycles. The van der Waals surface area contributed by atoms with Crippen molar-refractivity contribution >= 4 is 29.1 Å². The maximum atomic E-state index is 13.0. The molecule has 7 nitrogen and oxygen atoms in total. The van der Waals surface area contributed by atoms with Gasteiger partial charge in [0.05, 0.1) is 7.11 Å². The molecule has 0 saturated carbocycles. The lowest BCUT2D eigenvalue weighted by Crippen LogP contribution is -2.43. The molecule has 0 aromatic heterocycles. The number of fused-ring (bicyclic) bond motifs is 1. The Morgan fingerprint density at radius 2 is 1.48 bits per heavy atom. The van der Waals surface area contributed by atoms with Crippen LogP contribution in [0.25, 0.3) is 5.76 Å². The van der Waals surface area contributed by atoms with E-state index >= 15 is 0 Å². The fourth-order valence-corrected chi connectivity index (χ4v) is 3.35. The molecule has 1 aliphatic heterocycles. The van der Waals surface area contributed by atoms with Gasteiger partial charge in [-0.1, -0.05) is 24.3 Å². The highest BCUT2D eigenvalue weighted by Gasteiger charge is 2.67. The molecule has 1 fully saturated rings.